The lowest BCUT2D eigenvalue weighted by Crippen LogP contribution is -2.35. The highest BCUT2D eigenvalue weighted by atomic mass is 31.1. The fourth-order valence-electron chi connectivity index (χ4n) is 3.01. The molecule has 0 fully saturated rings. The predicted molar refractivity (Wildman–Crippen MR) is 108 cm³/mol. The maximum absolute atomic E-state index is 10.7. The van der Waals surface area contributed by atoms with Crippen LogP contribution in [0.4, 0.5) is 0 Å². The first kappa shape index (κ1) is 24.7. The number of unbranched alkanes of at least 4 members (excludes halogenated alkanes) is 11. The molecule has 25 heavy (non-hydrogen) atoms. The molecule has 0 amide bonds. The number of hydrogen-bond donors (Lipinski definition) is 3. The number of hydrogen-bond acceptors (Lipinski definition) is 3. The zero-order chi connectivity index (χ0) is 18.9. The highest BCUT2D eigenvalue weighted by Gasteiger charge is 2.20. The summed E-state index contributed by atoms with van der Waals surface area (Å²) in [6, 6.07) is -0.459. The smallest absolute Gasteiger partial charge is 0.387 e. The minimum absolute atomic E-state index is 0.152. The van der Waals surface area contributed by atoms with E-state index in [0.717, 1.165) is 18.4 Å². The van der Waals surface area contributed by atoms with Gasteiger partial charge in [-0.25, -0.2) is 0 Å². The van der Waals surface area contributed by atoms with Crippen molar-refractivity contribution in [3.63, 3.8) is 0 Å². The first-order valence-corrected chi connectivity index (χ1v) is 11.6. The molecule has 0 saturated heterocycles. The molecule has 3 unspecified atom stereocenters. The molecular weight excluding hydrogens is 333 g/mol. The Morgan fingerprint density at radius 3 is 1.96 bits per heavy atom. The van der Waals surface area contributed by atoms with Gasteiger partial charge in [-0.15, -0.1) is 0 Å². The van der Waals surface area contributed by atoms with Crippen LogP contribution in [0.25, 0.3) is 0 Å². The van der Waals surface area contributed by atoms with Gasteiger partial charge in [-0.3, -0.25) is 0 Å². The van der Waals surface area contributed by atoms with E-state index in [2.05, 4.69) is 13.0 Å². The Kier molecular flexibility index (Phi) is 17.0. The molecule has 0 heterocycles. The molecule has 0 bridgehead atoms. The van der Waals surface area contributed by atoms with Gasteiger partial charge in [-0.1, -0.05) is 77.2 Å². The van der Waals surface area contributed by atoms with Crippen molar-refractivity contribution >= 4 is 8.03 Å². The molecule has 3 atom stereocenters. The minimum atomic E-state index is -2.16. The van der Waals surface area contributed by atoms with Crippen molar-refractivity contribution < 1.29 is 14.6 Å². The van der Waals surface area contributed by atoms with Gasteiger partial charge in [-0.05, 0) is 29.9 Å². The van der Waals surface area contributed by atoms with Crippen LogP contribution in [0.2, 0.25) is 0 Å². The summed E-state index contributed by atoms with van der Waals surface area (Å²) in [6.07, 6.45) is 17.5. The Labute approximate surface area is 156 Å². The maximum atomic E-state index is 10.7. The van der Waals surface area contributed by atoms with Crippen molar-refractivity contribution in [3.05, 3.63) is 11.6 Å². The van der Waals surface area contributed by atoms with Gasteiger partial charge in [-0.2, -0.15) is 4.89 Å². The summed E-state index contributed by atoms with van der Waals surface area (Å²) in [5.74, 6) is 0. The van der Waals surface area contributed by atoms with Crippen LogP contribution in [0, 0.1) is 0 Å². The van der Waals surface area contributed by atoms with Crippen molar-refractivity contribution in [3.8, 4) is 0 Å². The molecule has 0 radical (unpaired) electrons. The van der Waals surface area contributed by atoms with Crippen molar-refractivity contribution in [2.45, 2.75) is 109 Å². The van der Waals surface area contributed by atoms with Crippen LogP contribution in [0.15, 0.2) is 11.6 Å². The normalized spacial score (nSPS) is 15.2. The summed E-state index contributed by atoms with van der Waals surface area (Å²) >= 11 is 0. The van der Waals surface area contributed by atoms with Gasteiger partial charge in [0.2, 0.25) is 0 Å². The fourth-order valence-corrected chi connectivity index (χ4v) is 3.53. The topological polar surface area (TPSA) is 83.5 Å². The Morgan fingerprint density at radius 2 is 1.48 bits per heavy atom. The molecule has 0 rings (SSSR count). The highest BCUT2D eigenvalue weighted by Crippen LogP contribution is 2.18. The Hall–Kier alpha value is -0.280. The van der Waals surface area contributed by atoms with E-state index in [1.807, 2.05) is 6.92 Å². The Balaban J connectivity index is 3.58. The van der Waals surface area contributed by atoms with Gasteiger partial charge < -0.3 is 10.8 Å². The quantitative estimate of drug-likeness (QED) is 0.180. The van der Waals surface area contributed by atoms with E-state index >= 15 is 0 Å². The summed E-state index contributed by atoms with van der Waals surface area (Å²) < 4.78 is 10.7. The maximum Gasteiger partial charge on any atom is 0.505 e. The average Bonchev–Trinajstić information content (AvgIpc) is 2.59. The molecule has 0 aromatic carbocycles. The molecule has 0 aliphatic heterocycles. The van der Waals surface area contributed by atoms with E-state index in [1.165, 1.54) is 64.2 Å². The second-order valence-electron chi connectivity index (χ2n) is 7.25. The third-order valence-electron chi connectivity index (χ3n) is 4.80. The second-order valence-corrected chi connectivity index (χ2v) is 8.40. The van der Waals surface area contributed by atoms with Gasteiger partial charge in [0.15, 0.2) is 6.16 Å². The van der Waals surface area contributed by atoms with E-state index in [9.17, 15) is 9.67 Å². The monoisotopic (exact) mass is 374 g/mol. The SMILES string of the molecule is CCCCCCCCCCCCCC=C(C)C(O)C(N)CC[P+](=O)O. The van der Waals surface area contributed by atoms with E-state index in [1.54, 1.807) is 0 Å². The Bertz CT molecular complexity index is 361. The van der Waals surface area contributed by atoms with Crippen LogP contribution in [-0.2, 0) is 4.57 Å². The number of aliphatic hydroxyl groups excluding tert-OH is 1. The van der Waals surface area contributed by atoms with Gasteiger partial charge in [0.1, 0.15) is 0 Å². The summed E-state index contributed by atoms with van der Waals surface area (Å²) in [5.41, 5.74) is 6.75. The fraction of sp³-hybridized carbons (Fsp3) is 0.900. The predicted octanol–water partition coefficient (Wildman–Crippen LogP) is 5.45. The van der Waals surface area contributed by atoms with Crippen molar-refractivity contribution in [1.29, 1.82) is 0 Å². The zero-order valence-electron chi connectivity index (χ0n) is 16.5. The van der Waals surface area contributed by atoms with E-state index in [4.69, 9.17) is 10.6 Å². The zero-order valence-corrected chi connectivity index (χ0v) is 17.4. The average molecular weight is 375 g/mol. The van der Waals surface area contributed by atoms with Crippen LogP contribution < -0.4 is 5.73 Å². The third kappa shape index (κ3) is 15.7. The number of rotatable bonds is 17. The molecule has 4 N–H and O–H groups in total. The standard InChI is InChI=1S/C20H40NO3P/c1-3-4-5-6-7-8-9-10-11-12-13-14-15-18(2)20(22)19(21)16-17-25(23)24/h15,19-20,22H,3-14,16-17,21H2,1-2H3/p+1. The van der Waals surface area contributed by atoms with Crippen LogP contribution in [0.1, 0.15) is 97.3 Å². The van der Waals surface area contributed by atoms with E-state index < -0.39 is 20.2 Å². The lowest BCUT2D eigenvalue weighted by Gasteiger charge is -2.17. The first-order valence-electron chi connectivity index (χ1n) is 10.2. The molecule has 0 aliphatic rings. The highest BCUT2D eigenvalue weighted by molar-refractivity contribution is 7.37. The molecule has 0 spiro atoms. The van der Waals surface area contributed by atoms with Gasteiger partial charge in [0, 0.05) is 12.5 Å². The summed E-state index contributed by atoms with van der Waals surface area (Å²) in [5, 5.41) is 10.1. The molecule has 5 heteroatoms. The van der Waals surface area contributed by atoms with Crippen molar-refractivity contribution in [1.82, 2.24) is 0 Å². The molecule has 0 aromatic heterocycles. The van der Waals surface area contributed by atoms with Gasteiger partial charge in [0.05, 0.1) is 6.10 Å². The van der Waals surface area contributed by atoms with Crippen molar-refractivity contribution in [2.24, 2.45) is 5.73 Å². The van der Waals surface area contributed by atoms with Crippen molar-refractivity contribution in [2.75, 3.05) is 6.16 Å². The molecule has 148 valence electrons. The van der Waals surface area contributed by atoms with Crippen LogP contribution in [0.3, 0.4) is 0 Å². The second kappa shape index (κ2) is 17.1. The molecule has 4 nitrogen and oxygen atoms in total. The number of aliphatic hydroxyl groups is 1. The van der Waals surface area contributed by atoms with Crippen LogP contribution in [0.5, 0.6) is 0 Å². The summed E-state index contributed by atoms with van der Waals surface area (Å²) in [6.45, 7) is 4.15. The number of nitrogens with two attached hydrogens (primary N) is 1. The molecule has 0 saturated carbocycles. The largest absolute Gasteiger partial charge is 0.505 e. The third-order valence-corrected chi connectivity index (χ3v) is 5.44. The van der Waals surface area contributed by atoms with E-state index in [-0.39, 0.29) is 6.16 Å². The van der Waals surface area contributed by atoms with Crippen LogP contribution in [-0.4, -0.2) is 28.3 Å². The lowest BCUT2D eigenvalue weighted by molar-refractivity contribution is 0.176. The summed E-state index contributed by atoms with van der Waals surface area (Å²) in [7, 11) is -2.16. The minimum Gasteiger partial charge on any atom is -0.387 e. The Morgan fingerprint density at radius 1 is 1.00 bits per heavy atom. The first-order chi connectivity index (χ1) is 12.0. The molecular formula is C20H41NO3P+. The number of allylic oxidation sites excluding steroid dienone is 1. The summed E-state index contributed by atoms with van der Waals surface area (Å²) in [4.78, 5) is 8.81. The van der Waals surface area contributed by atoms with Gasteiger partial charge >= 0.3 is 8.03 Å². The molecule has 0 aliphatic carbocycles. The van der Waals surface area contributed by atoms with Crippen LogP contribution >= 0.6 is 8.03 Å². The molecule has 0 aromatic rings. The lowest BCUT2D eigenvalue weighted by atomic mass is 10.0. The van der Waals surface area contributed by atoms with E-state index in [0.29, 0.717) is 6.42 Å². The van der Waals surface area contributed by atoms with Gasteiger partial charge in [0.25, 0.3) is 0 Å².